The van der Waals surface area contributed by atoms with Crippen molar-refractivity contribution in [3.8, 4) is 0 Å². The van der Waals surface area contributed by atoms with E-state index < -0.39 is 0 Å². The molecule has 0 spiro atoms. The zero-order valence-electron chi connectivity index (χ0n) is 10.2. The van der Waals surface area contributed by atoms with Crippen molar-refractivity contribution < 1.29 is 0 Å². The third-order valence-electron chi connectivity index (χ3n) is 2.29. The van der Waals surface area contributed by atoms with E-state index in [-0.39, 0.29) is 0 Å². The lowest BCUT2D eigenvalue weighted by molar-refractivity contribution is 1.17. The van der Waals surface area contributed by atoms with Crippen LogP contribution in [0.5, 0.6) is 0 Å². The van der Waals surface area contributed by atoms with Gasteiger partial charge in [-0.25, -0.2) is 9.97 Å². The molecule has 0 unspecified atom stereocenters. The predicted molar refractivity (Wildman–Crippen MR) is 94.0 cm³/mol. The lowest BCUT2D eigenvalue weighted by Crippen LogP contribution is -1.87. The lowest BCUT2D eigenvalue weighted by Gasteiger charge is -1.91. The first kappa shape index (κ1) is 14.5. The smallest absolute Gasteiger partial charge is 0.137 e. The SMILES string of the molecule is Cc1cn2cc(I)ccc2n1.Nc1ccc(I)cn1. The molecule has 0 atom stereocenters. The molecule has 19 heavy (non-hydrogen) atoms. The number of rotatable bonds is 0. The molecule has 0 aliphatic heterocycles. The van der Waals surface area contributed by atoms with Crippen LogP contribution in [0.3, 0.4) is 0 Å². The maximum absolute atomic E-state index is 5.31. The summed E-state index contributed by atoms with van der Waals surface area (Å²) >= 11 is 4.47. The molecule has 3 aromatic rings. The van der Waals surface area contributed by atoms with Crippen molar-refractivity contribution in [2.45, 2.75) is 6.92 Å². The highest BCUT2D eigenvalue weighted by Gasteiger charge is 1.95. The van der Waals surface area contributed by atoms with Crippen molar-refractivity contribution in [1.82, 2.24) is 14.4 Å². The van der Waals surface area contributed by atoms with E-state index in [1.54, 1.807) is 12.3 Å². The van der Waals surface area contributed by atoms with Crippen LogP contribution in [0.4, 0.5) is 5.82 Å². The Balaban J connectivity index is 0.000000148. The molecule has 3 rings (SSSR count). The largest absolute Gasteiger partial charge is 0.384 e. The van der Waals surface area contributed by atoms with Gasteiger partial charge >= 0.3 is 0 Å². The number of fused-ring (bicyclic) bond motifs is 1. The van der Waals surface area contributed by atoms with E-state index in [0.29, 0.717) is 5.82 Å². The zero-order valence-corrected chi connectivity index (χ0v) is 14.5. The lowest BCUT2D eigenvalue weighted by atomic mass is 10.5. The molecule has 0 saturated heterocycles. The predicted octanol–water partition coefficient (Wildman–Crippen LogP) is 3.52. The quantitative estimate of drug-likeness (QED) is 0.504. The number of aryl methyl sites for hydroxylation is 1. The normalized spacial score (nSPS) is 10.1. The Kier molecular flexibility index (Phi) is 4.97. The fourth-order valence-electron chi connectivity index (χ4n) is 1.48. The van der Waals surface area contributed by atoms with Crippen LogP contribution < -0.4 is 5.73 Å². The zero-order chi connectivity index (χ0) is 13.8. The molecule has 0 radical (unpaired) electrons. The van der Waals surface area contributed by atoms with Gasteiger partial charge in [0.05, 0.1) is 5.69 Å². The number of pyridine rings is 2. The van der Waals surface area contributed by atoms with E-state index in [1.807, 2.05) is 29.7 Å². The van der Waals surface area contributed by atoms with Gasteiger partial charge in [0.15, 0.2) is 0 Å². The van der Waals surface area contributed by atoms with Crippen LogP contribution in [0.2, 0.25) is 0 Å². The van der Waals surface area contributed by atoms with Crippen LogP contribution in [0, 0.1) is 14.1 Å². The summed E-state index contributed by atoms with van der Waals surface area (Å²) in [6.07, 6.45) is 5.82. The van der Waals surface area contributed by atoms with E-state index in [1.165, 1.54) is 3.57 Å². The average Bonchev–Trinajstić information content (AvgIpc) is 2.73. The number of halogens is 2. The van der Waals surface area contributed by atoms with Crippen LogP contribution in [0.15, 0.2) is 42.9 Å². The molecule has 0 saturated carbocycles. The fourth-order valence-corrected chi connectivity index (χ4v) is 2.28. The second kappa shape index (κ2) is 6.51. The molecule has 0 aliphatic carbocycles. The summed E-state index contributed by atoms with van der Waals surface area (Å²) in [4.78, 5) is 8.16. The van der Waals surface area contributed by atoms with Gasteiger partial charge in [-0.1, -0.05) is 0 Å². The first-order chi connectivity index (χ1) is 9.04. The monoisotopic (exact) mass is 478 g/mol. The average molecular weight is 478 g/mol. The summed E-state index contributed by atoms with van der Waals surface area (Å²) in [7, 11) is 0. The Labute approximate surface area is 138 Å². The summed E-state index contributed by atoms with van der Waals surface area (Å²) in [5, 5.41) is 0. The minimum atomic E-state index is 0.574. The standard InChI is InChI=1S/C8H7IN2.C5H5IN2/c1-6-4-11-5-7(9)2-3-8(11)10-6;6-4-1-2-5(7)8-3-4/h2-5H,1H3;1-3H,(H2,7,8). The molecule has 4 nitrogen and oxygen atoms in total. The second-order valence-electron chi connectivity index (χ2n) is 3.90. The van der Waals surface area contributed by atoms with Gasteiger partial charge in [-0.2, -0.15) is 0 Å². The van der Waals surface area contributed by atoms with Crippen LogP contribution in [0.25, 0.3) is 5.65 Å². The van der Waals surface area contributed by atoms with Gasteiger partial charge < -0.3 is 10.1 Å². The molecule has 98 valence electrons. The topological polar surface area (TPSA) is 56.2 Å². The van der Waals surface area contributed by atoms with E-state index in [9.17, 15) is 0 Å². The fraction of sp³-hybridized carbons (Fsp3) is 0.0769. The number of hydrogen-bond donors (Lipinski definition) is 1. The Hall–Kier alpha value is -0.900. The molecule has 0 amide bonds. The van der Waals surface area contributed by atoms with E-state index in [2.05, 4.69) is 67.4 Å². The molecule has 0 aliphatic rings. The highest BCUT2D eigenvalue weighted by atomic mass is 127. The van der Waals surface area contributed by atoms with Gasteiger partial charge in [0.2, 0.25) is 0 Å². The number of nitrogen functional groups attached to an aromatic ring is 1. The number of aromatic nitrogens is 3. The van der Waals surface area contributed by atoms with Gasteiger partial charge in [0, 0.05) is 25.7 Å². The third kappa shape index (κ3) is 4.30. The first-order valence-corrected chi connectivity index (χ1v) is 7.68. The molecular weight excluding hydrogens is 466 g/mol. The summed E-state index contributed by atoms with van der Waals surface area (Å²) in [6, 6.07) is 7.78. The molecule has 0 bridgehead atoms. The minimum Gasteiger partial charge on any atom is -0.384 e. The summed E-state index contributed by atoms with van der Waals surface area (Å²) in [6.45, 7) is 2.00. The maximum atomic E-state index is 5.31. The van der Waals surface area contributed by atoms with Crippen molar-refractivity contribution >= 4 is 56.6 Å². The number of nitrogens with two attached hydrogens (primary N) is 1. The minimum absolute atomic E-state index is 0.574. The number of anilines is 1. The highest BCUT2D eigenvalue weighted by molar-refractivity contribution is 14.1. The van der Waals surface area contributed by atoms with Crippen molar-refractivity contribution in [1.29, 1.82) is 0 Å². The van der Waals surface area contributed by atoms with Gasteiger partial charge in [-0.15, -0.1) is 0 Å². The van der Waals surface area contributed by atoms with Crippen molar-refractivity contribution in [3.63, 3.8) is 0 Å². The van der Waals surface area contributed by atoms with E-state index in [4.69, 9.17) is 5.73 Å². The highest BCUT2D eigenvalue weighted by Crippen LogP contribution is 2.08. The van der Waals surface area contributed by atoms with Crippen molar-refractivity contribution in [2.24, 2.45) is 0 Å². The molecule has 2 N–H and O–H groups in total. The van der Waals surface area contributed by atoms with E-state index >= 15 is 0 Å². The molecule has 3 heterocycles. The Morgan fingerprint density at radius 1 is 1.05 bits per heavy atom. The van der Waals surface area contributed by atoms with Crippen LogP contribution in [-0.2, 0) is 0 Å². The molecule has 0 aromatic carbocycles. The molecule has 3 aromatic heterocycles. The summed E-state index contributed by atoms with van der Waals surface area (Å²) < 4.78 is 4.38. The second-order valence-corrected chi connectivity index (χ2v) is 6.39. The van der Waals surface area contributed by atoms with Gasteiger partial charge in [0.25, 0.3) is 0 Å². The first-order valence-electron chi connectivity index (χ1n) is 5.52. The molecule has 6 heteroatoms. The maximum Gasteiger partial charge on any atom is 0.137 e. The number of nitrogens with zero attached hydrogens (tertiary/aromatic N) is 3. The Morgan fingerprint density at radius 2 is 1.79 bits per heavy atom. The Bertz CT molecular complexity index is 656. The molecular formula is C13H12I2N4. The van der Waals surface area contributed by atoms with Gasteiger partial charge in [-0.05, 0) is 76.4 Å². The van der Waals surface area contributed by atoms with Crippen molar-refractivity contribution in [2.75, 3.05) is 5.73 Å². The molecule has 0 fully saturated rings. The van der Waals surface area contributed by atoms with Gasteiger partial charge in [0.1, 0.15) is 11.5 Å². The van der Waals surface area contributed by atoms with Gasteiger partial charge in [-0.3, -0.25) is 0 Å². The number of hydrogen-bond acceptors (Lipinski definition) is 3. The Morgan fingerprint density at radius 3 is 2.42 bits per heavy atom. The van der Waals surface area contributed by atoms with Crippen molar-refractivity contribution in [3.05, 3.63) is 55.7 Å². The summed E-state index contributed by atoms with van der Waals surface area (Å²) in [5.41, 5.74) is 7.39. The third-order valence-corrected chi connectivity index (χ3v) is 3.56. The summed E-state index contributed by atoms with van der Waals surface area (Å²) in [5.74, 6) is 0.574. The number of imidazole rings is 1. The van der Waals surface area contributed by atoms with Crippen LogP contribution >= 0.6 is 45.2 Å². The van der Waals surface area contributed by atoms with Crippen LogP contribution in [0.1, 0.15) is 5.69 Å². The van der Waals surface area contributed by atoms with Crippen LogP contribution in [-0.4, -0.2) is 14.4 Å². The van der Waals surface area contributed by atoms with E-state index in [0.717, 1.165) is 14.9 Å².